The zero-order valence-corrected chi connectivity index (χ0v) is 83.5. The summed E-state index contributed by atoms with van der Waals surface area (Å²) in [5.74, 6) is -5.34. The van der Waals surface area contributed by atoms with Crippen LogP contribution in [0.25, 0.3) is 92.9 Å². The Morgan fingerprint density at radius 3 is 1.12 bits per heavy atom. The molecular formula is C95H73F6Ir6N13O8-6. The molecule has 6 radical (unpaired) electrons. The van der Waals surface area contributed by atoms with E-state index in [4.69, 9.17) is 48.9 Å². The summed E-state index contributed by atoms with van der Waals surface area (Å²) in [7, 11) is 6.17. The van der Waals surface area contributed by atoms with E-state index in [1.54, 1.807) is 56.8 Å². The summed E-state index contributed by atoms with van der Waals surface area (Å²) in [6, 6.07) is 69.1. The molecule has 7 aromatic carbocycles. The van der Waals surface area contributed by atoms with Crippen molar-refractivity contribution in [3.8, 4) is 90.5 Å². The maximum absolute atomic E-state index is 13.9. The van der Waals surface area contributed by atoms with Crippen molar-refractivity contribution in [3.63, 3.8) is 0 Å². The summed E-state index contributed by atoms with van der Waals surface area (Å²) in [5, 5.41) is 19.0. The van der Waals surface area contributed by atoms with Gasteiger partial charge in [-0.2, -0.15) is 0 Å². The van der Waals surface area contributed by atoms with Gasteiger partial charge >= 0.3 is 11.9 Å². The van der Waals surface area contributed by atoms with Gasteiger partial charge in [-0.05, 0) is 104 Å². The Bertz CT molecular complexity index is 6010. The summed E-state index contributed by atoms with van der Waals surface area (Å²) in [4.78, 5) is 67.8. The van der Waals surface area contributed by atoms with E-state index in [1.807, 2.05) is 73.1 Å². The fraction of sp³-hybridized carbons (Fsp3) is 0.126. The van der Waals surface area contributed by atoms with Crippen LogP contribution in [0.5, 0.6) is 23.0 Å². The molecule has 0 saturated heterocycles. The molecule has 0 aliphatic rings. The first-order chi connectivity index (χ1) is 58.7. The third kappa shape index (κ3) is 32.7. The number of carboxylic acids is 2. The molecular weight excluding hydrogens is 2720 g/mol. The number of benzene rings is 7. The van der Waals surface area contributed by atoms with Gasteiger partial charge in [-0.25, -0.2) is 19.6 Å². The average Bonchev–Trinajstić information content (AvgIpc) is 0.809. The molecule has 128 heavy (non-hydrogen) atoms. The van der Waals surface area contributed by atoms with Crippen molar-refractivity contribution < 1.29 is 186 Å². The van der Waals surface area contributed by atoms with Crippen LogP contribution in [0.2, 0.25) is 0 Å². The Labute approximate surface area is 817 Å². The number of nitrogens with zero attached hydrogens (tertiary/aromatic N) is 13. The molecule has 8 aromatic heterocycles. The van der Waals surface area contributed by atoms with E-state index < -0.39 is 63.9 Å². The van der Waals surface area contributed by atoms with Crippen molar-refractivity contribution >= 4 is 39.8 Å². The van der Waals surface area contributed by atoms with Gasteiger partial charge in [0.2, 0.25) is 0 Å². The largest absolute Gasteiger partial charge is 0.540 e. The normalized spacial score (nSPS) is 9.76. The van der Waals surface area contributed by atoms with Gasteiger partial charge in [0, 0.05) is 229 Å². The molecule has 668 valence electrons. The Morgan fingerprint density at radius 2 is 0.742 bits per heavy atom. The molecule has 0 atom stereocenters. The maximum Gasteiger partial charge on any atom is 0.356 e. The Balaban J connectivity index is 0.000000497. The van der Waals surface area contributed by atoms with Crippen molar-refractivity contribution in [3.05, 3.63) is 378 Å². The number of carboxylic acid groups (broad SMARTS) is 2. The minimum absolute atomic E-state index is 0. The molecule has 21 nitrogen and oxygen atoms in total. The SMILES string of the molecule is CC(C)(C)c1cc[c-]c(-c2ccccn2)c1.CC(C)(C)c1cc[c-]c(-c2nccc3ccccc23)c1.COc1c[c-]c(-c2ccccn2)c(OC)c1.O=C(O)c1cnccn1.O=C(O)c1cnccn1.[C-]#[N+]c1c(F)c[c-]c(-c2cc(OC)ccn2)c1F.[C-]#[N+]c1c(F)c[c-]c(-c2cc(OC)ccn2)c1F.[C-]#[N+]c1c(F)c[c-]c(-c2ccccn2)c1F.[Ir].[Ir].[Ir].[Ir].[Ir].[Ir]. The molecule has 0 amide bonds. The summed E-state index contributed by atoms with van der Waals surface area (Å²) in [6.45, 7) is 33.5. The molecule has 0 unspecified atom stereocenters. The average molecular weight is 2790 g/mol. The van der Waals surface area contributed by atoms with E-state index >= 15 is 0 Å². The molecule has 0 fully saturated rings. The van der Waals surface area contributed by atoms with E-state index in [9.17, 15) is 35.9 Å². The number of hydrogen-bond acceptors (Lipinski definition) is 16. The first-order valence-corrected chi connectivity index (χ1v) is 36.2. The first kappa shape index (κ1) is 112. The predicted octanol–water partition coefficient (Wildman–Crippen LogP) is 21.9. The van der Waals surface area contributed by atoms with Crippen molar-refractivity contribution in [2.24, 2.45) is 0 Å². The van der Waals surface area contributed by atoms with E-state index in [0.29, 0.717) is 22.9 Å². The third-order valence-electron chi connectivity index (χ3n) is 16.7. The second-order valence-electron chi connectivity index (χ2n) is 26.8. The minimum Gasteiger partial charge on any atom is -0.540 e. The number of hydrogen-bond donors (Lipinski definition) is 2. The molecule has 15 aromatic rings. The van der Waals surface area contributed by atoms with Crippen molar-refractivity contribution in [1.82, 2.24) is 49.8 Å². The van der Waals surface area contributed by atoms with E-state index in [0.717, 1.165) is 57.7 Å². The maximum atomic E-state index is 13.9. The van der Waals surface area contributed by atoms with Crippen LogP contribution in [-0.4, -0.2) is 100 Å². The van der Waals surface area contributed by atoms with Gasteiger partial charge in [0.1, 0.15) is 11.5 Å². The van der Waals surface area contributed by atoms with Crippen molar-refractivity contribution in [1.29, 1.82) is 0 Å². The molecule has 2 N–H and O–H groups in total. The molecule has 0 aliphatic carbocycles. The van der Waals surface area contributed by atoms with Crippen LogP contribution in [0.1, 0.15) is 73.6 Å². The van der Waals surface area contributed by atoms with Crippen LogP contribution in [0.4, 0.5) is 43.4 Å². The molecule has 0 aliphatic heterocycles. The van der Waals surface area contributed by atoms with Gasteiger partial charge in [0.15, 0.2) is 28.5 Å². The van der Waals surface area contributed by atoms with Crippen LogP contribution >= 0.6 is 0 Å². The number of ether oxygens (including phenoxy) is 4. The number of rotatable bonds is 12. The molecule has 0 bridgehead atoms. The zero-order valence-electron chi connectivity index (χ0n) is 69.1. The van der Waals surface area contributed by atoms with Gasteiger partial charge in [0.25, 0.3) is 0 Å². The smallest absolute Gasteiger partial charge is 0.356 e. The van der Waals surface area contributed by atoms with Crippen molar-refractivity contribution in [2.45, 2.75) is 52.4 Å². The second-order valence-corrected chi connectivity index (χ2v) is 26.8. The molecule has 0 saturated carbocycles. The molecule has 0 spiro atoms. The Morgan fingerprint density at radius 1 is 0.367 bits per heavy atom. The first-order valence-electron chi connectivity index (χ1n) is 36.2. The van der Waals surface area contributed by atoms with Crippen LogP contribution in [-0.2, 0) is 131 Å². The van der Waals surface area contributed by atoms with Crippen LogP contribution in [0, 0.1) is 91.0 Å². The van der Waals surface area contributed by atoms with Crippen LogP contribution in [0.3, 0.4) is 0 Å². The number of fused-ring (bicyclic) bond motifs is 1. The Hall–Kier alpha value is -12.1. The van der Waals surface area contributed by atoms with Gasteiger partial charge in [-0.15, -0.1) is 136 Å². The third-order valence-corrected chi connectivity index (χ3v) is 16.7. The second kappa shape index (κ2) is 56.2. The summed E-state index contributed by atoms with van der Waals surface area (Å²) in [5.41, 5.74) is 7.39. The fourth-order valence-electron chi connectivity index (χ4n) is 10.5. The summed E-state index contributed by atoms with van der Waals surface area (Å²) >= 11 is 0. The number of aromatic nitrogens is 10. The van der Waals surface area contributed by atoms with Crippen molar-refractivity contribution in [2.75, 3.05) is 28.4 Å². The summed E-state index contributed by atoms with van der Waals surface area (Å²) < 4.78 is 101. The van der Waals surface area contributed by atoms with Gasteiger partial charge < -0.3 is 59.1 Å². The standard InChI is InChI=1S/C19H18N.C15H16N.2C13H7F2N2O.C13H12NO2.C12H5F2N2.2C5H4N2O2.6Ir/c1-19(2,3)16-9-6-8-15(13-16)18-17-10-5-4-7-14(17)11-12-20-18;1-15(2,3)13-8-6-7-12(11-13)14-9-4-5-10-16-14;2*1-16-13-10(14)4-3-9(12(13)15)11-7-8(18-2)5-6-17-11;1-15-10-6-7-11(13(9-10)16-2)12-5-3-4-8-14-12;1-15-12-9(13)6-5-8(11(12)14)10-4-2-3-7-16-10;2*8-5(9)4-3-6-1-2-7-4;;;;;;/h4-7,9-13H,1-3H3;4-6,8-11H,1-3H3;2*4-7H,2H3;3-6,8-9H,1-2H3;2-4,6-7H;2*1-3H,(H,8,9);;;;;;/q6*-1;;;;;;;;. The molecule has 15 rings (SSSR count). The predicted molar refractivity (Wildman–Crippen MR) is 449 cm³/mol. The fourth-order valence-corrected chi connectivity index (χ4v) is 10.5. The molecule has 33 heteroatoms. The number of pyridine rings is 6. The van der Waals surface area contributed by atoms with Crippen LogP contribution < -0.4 is 18.9 Å². The number of aromatic carboxylic acids is 2. The van der Waals surface area contributed by atoms with Gasteiger partial charge in [-0.1, -0.05) is 114 Å². The zero-order chi connectivity index (χ0) is 88.3. The van der Waals surface area contributed by atoms with Gasteiger partial charge in [0.05, 0.1) is 60.5 Å². The summed E-state index contributed by atoms with van der Waals surface area (Å²) in [6.07, 6.45) is 17.7. The molecule has 8 heterocycles. The quantitative estimate of drug-likeness (QED) is 0.0851. The Kier molecular flexibility index (Phi) is 49.2. The topological polar surface area (TPSA) is 254 Å². The van der Waals surface area contributed by atoms with Gasteiger partial charge in [-0.3, -0.25) is 50.8 Å². The monoisotopic (exact) mass is 2800 g/mol. The van der Waals surface area contributed by atoms with Crippen LogP contribution in [0.15, 0.2) is 250 Å². The minimum atomic E-state index is -1.05. The number of halogens is 6. The van der Waals surface area contributed by atoms with E-state index in [-0.39, 0.29) is 171 Å². The number of methoxy groups -OCH3 is 4. The number of carbonyl (C=O) groups is 2. The van der Waals surface area contributed by atoms with E-state index in [2.05, 4.69) is 191 Å². The van der Waals surface area contributed by atoms with E-state index in [1.165, 1.54) is 104 Å².